The van der Waals surface area contributed by atoms with E-state index in [0.717, 1.165) is 32.1 Å². The van der Waals surface area contributed by atoms with Crippen LogP contribution in [0.3, 0.4) is 0 Å². The first kappa shape index (κ1) is 34.8. The molecule has 0 aromatic heterocycles. The number of carbonyl (C=O) groups is 2. The van der Waals surface area contributed by atoms with Crippen LogP contribution in [-0.4, -0.2) is 54.6 Å². The van der Waals surface area contributed by atoms with Crippen LogP contribution in [0, 0.1) is 0 Å². The van der Waals surface area contributed by atoms with Crippen molar-refractivity contribution in [3.8, 4) is 0 Å². The fourth-order valence-electron chi connectivity index (χ4n) is 3.45. The summed E-state index contributed by atoms with van der Waals surface area (Å²) in [5, 5.41) is 1.31. The number of unbranched alkanes of at least 4 members (excludes halogenated alkanes) is 12. The van der Waals surface area contributed by atoms with Crippen LogP contribution in [0.4, 0.5) is 30.7 Å². The summed E-state index contributed by atoms with van der Waals surface area (Å²) < 4.78 is 95.2. The van der Waals surface area contributed by atoms with Gasteiger partial charge in [0, 0.05) is 0 Å². The minimum Gasteiger partial charge on any atom is -0.464 e. The topological polar surface area (TPSA) is 55.4 Å². The lowest BCUT2D eigenvalue weighted by Gasteiger charge is -2.28. The second-order valence-corrected chi connectivity index (χ2v) is 9.85. The highest BCUT2D eigenvalue weighted by molar-refractivity contribution is 7.98. The van der Waals surface area contributed by atoms with Crippen molar-refractivity contribution in [2.45, 2.75) is 121 Å². The van der Waals surface area contributed by atoms with Crippen molar-refractivity contribution in [1.82, 2.24) is 5.32 Å². The third kappa shape index (κ3) is 12.9. The number of alkyl halides is 7. The Morgan fingerprint density at radius 2 is 1.22 bits per heavy atom. The molecule has 1 N–H and O–H groups in total. The monoisotopic (exact) mass is 555 g/mol. The maximum absolute atomic E-state index is 13.6. The van der Waals surface area contributed by atoms with Crippen LogP contribution in [0.1, 0.15) is 96.8 Å². The van der Waals surface area contributed by atoms with Crippen molar-refractivity contribution in [3.63, 3.8) is 0 Å². The highest BCUT2D eigenvalue weighted by Gasteiger charge is 2.76. The second kappa shape index (κ2) is 18.1. The molecule has 0 radical (unpaired) electrons. The fourth-order valence-corrected chi connectivity index (χ4v) is 3.92. The Morgan fingerprint density at radius 1 is 0.778 bits per heavy atom. The molecule has 12 heteroatoms. The molecule has 0 aromatic rings. The molecule has 1 unspecified atom stereocenters. The van der Waals surface area contributed by atoms with E-state index in [2.05, 4.69) is 6.92 Å². The molecule has 36 heavy (non-hydrogen) atoms. The Kier molecular flexibility index (Phi) is 17.5. The summed E-state index contributed by atoms with van der Waals surface area (Å²) in [6.07, 6.45) is 8.98. The molecule has 1 amide bonds. The molecule has 0 fully saturated rings. The van der Waals surface area contributed by atoms with Gasteiger partial charge in [-0.3, -0.25) is 4.79 Å². The fraction of sp³-hybridized carbons (Fsp3) is 0.917. The summed E-state index contributed by atoms with van der Waals surface area (Å²) >= 11 is 1.17. The Labute approximate surface area is 213 Å². The van der Waals surface area contributed by atoms with Crippen LogP contribution < -0.4 is 5.32 Å². The van der Waals surface area contributed by atoms with Crippen molar-refractivity contribution >= 4 is 23.6 Å². The number of carbonyl (C=O) groups excluding carboxylic acids is 2. The minimum atomic E-state index is -6.64. The van der Waals surface area contributed by atoms with Crippen LogP contribution in [0.25, 0.3) is 0 Å². The first-order valence-corrected chi connectivity index (χ1v) is 14.0. The molecular weight excluding hydrogens is 515 g/mol. The van der Waals surface area contributed by atoms with Crippen LogP contribution in [0.5, 0.6) is 0 Å². The van der Waals surface area contributed by atoms with E-state index in [4.69, 9.17) is 4.74 Å². The molecule has 0 saturated heterocycles. The number of ether oxygens (including phenoxy) is 1. The average Bonchev–Trinajstić information content (AvgIpc) is 2.80. The number of amides is 1. The molecule has 0 aromatic carbocycles. The lowest BCUT2D eigenvalue weighted by molar-refractivity contribution is -0.344. The summed E-state index contributed by atoms with van der Waals surface area (Å²) in [6.45, 7) is 2.12. The zero-order chi connectivity index (χ0) is 27.7. The second-order valence-electron chi connectivity index (χ2n) is 8.86. The van der Waals surface area contributed by atoms with E-state index in [9.17, 15) is 40.3 Å². The van der Waals surface area contributed by atoms with E-state index >= 15 is 0 Å². The summed E-state index contributed by atoms with van der Waals surface area (Å²) in [6, 6.07) is -1.76. The Morgan fingerprint density at radius 3 is 1.64 bits per heavy atom. The van der Waals surface area contributed by atoms with E-state index in [0.29, 0.717) is 6.42 Å². The average molecular weight is 556 g/mol. The number of thioether (sulfide) groups is 1. The van der Waals surface area contributed by atoms with E-state index in [1.54, 1.807) is 6.26 Å². The van der Waals surface area contributed by atoms with Gasteiger partial charge in [0.15, 0.2) is 0 Å². The van der Waals surface area contributed by atoms with Gasteiger partial charge in [-0.05, 0) is 24.9 Å². The van der Waals surface area contributed by atoms with E-state index in [1.165, 1.54) is 62.0 Å². The van der Waals surface area contributed by atoms with Crippen molar-refractivity contribution in [3.05, 3.63) is 0 Å². The minimum absolute atomic E-state index is 0.0721. The van der Waals surface area contributed by atoms with E-state index < -0.39 is 35.9 Å². The van der Waals surface area contributed by atoms with Crippen LogP contribution in [-0.2, 0) is 14.3 Å². The predicted molar refractivity (Wildman–Crippen MR) is 128 cm³/mol. The molecule has 1 atom stereocenters. The first-order chi connectivity index (χ1) is 16.8. The Bertz CT molecular complexity index is 619. The van der Waals surface area contributed by atoms with Gasteiger partial charge in [-0.25, -0.2) is 4.79 Å². The number of hydrogen-bond donors (Lipinski definition) is 1. The van der Waals surface area contributed by atoms with Crippen molar-refractivity contribution in [2.75, 3.05) is 18.6 Å². The molecule has 0 aliphatic rings. The van der Waals surface area contributed by atoms with Gasteiger partial charge in [0.25, 0.3) is 5.91 Å². The van der Waals surface area contributed by atoms with Crippen molar-refractivity contribution < 1.29 is 45.1 Å². The number of esters is 1. The molecule has 4 nitrogen and oxygen atoms in total. The first-order valence-electron chi connectivity index (χ1n) is 12.6. The number of nitrogens with one attached hydrogen (secondary N) is 1. The summed E-state index contributed by atoms with van der Waals surface area (Å²) in [5.41, 5.74) is 0. The van der Waals surface area contributed by atoms with Gasteiger partial charge in [0.05, 0.1) is 6.61 Å². The highest BCUT2D eigenvalue weighted by Crippen LogP contribution is 2.46. The molecule has 0 rings (SSSR count). The van der Waals surface area contributed by atoms with Crippen LogP contribution in [0.2, 0.25) is 0 Å². The number of halogens is 7. The smallest absolute Gasteiger partial charge is 0.460 e. The summed E-state index contributed by atoms with van der Waals surface area (Å²) in [7, 11) is 0. The van der Waals surface area contributed by atoms with Gasteiger partial charge in [0.1, 0.15) is 6.04 Å². The standard InChI is InChI=1S/C24H40F7NO3S/c1-3-4-5-6-7-8-9-10-11-12-13-14-15-17-35-20(33)19(16-18-36-2)32-21(34)22(25,26)23(27,28)24(29,30)31/h19H,3-18H2,1-2H3,(H,32,34). The number of rotatable bonds is 21. The highest BCUT2D eigenvalue weighted by atomic mass is 32.2. The lowest BCUT2D eigenvalue weighted by Crippen LogP contribution is -2.61. The Hall–Kier alpha value is -1.20. The normalized spacial score (nSPS) is 13.5. The van der Waals surface area contributed by atoms with Crippen molar-refractivity contribution in [1.29, 1.82) is 0 Å². The molecular formula is C24H40F7NO3S. The largest absolute Gasteiger partial charge is 0.464 e. The maximum atomic E-state index is 13.6. The van der Waals surface area contributed by atoms with E-state index in [-0.39, 0.29) is 18.8 Å². The quantitative estimate of drug-likeness (QED) is 0.0896. The third-order valence-electron chi connectivity index (χ3n) is 5.73. The third-order valence-corrected chi connectivity index (χ3v) is 6.37. The summed E-state index contributed by atoms with van der Waals surface area (Å²) in [5.74, 6) is -16.6. The summed E-state index contributed by atoms with van der Waals surface area (Å²) in [4.78, 5) is 23.8. The molecule has 0 bridgehead atoms. The zero-order valence-corrected chi connectivity index (χ0v) is 22.0. The van der Waals surface area contributed by atoms with E-state index in [1.807, 2.05) is 0 Å². The van der Waals surface area contributed by atoms with Gasteiger partial charge >= 0.3 is 24.0 Å². The molecule has 0 saturated carbocycles. The molecule has 0 spiro atoms. The maximum Gasteiger partial charge on any atom is 0.460 e. The van der Waals surface area contributed by atoms with Gasteiger partial charge in [-0.15, -0.1) is 0 Å². The predicted octanol–water partition coefficient (Wildman–Crippen LogP) is 7.69. The molecule has 0 heterocycles. The van der Waals surface area contributed by atoms with Gasteiger partial charge < -0.3 is 10.1 Å². The lowest BCUT2D eigenvalue weighted by atomic mass is 10.0. The van der Waals surface area contributed by atoms with Crippen molar-refractivity contribution in [2.24, 2.45) is 0 Å². The zero-order valence-electron chi connectivity index (χ0n) is 21.2. The van der Waals surface area contributed by atoms with Gasteiger partial charge in [-0.1, -0.05) is 84.0 Å². The van der Waals surface area contributed by atoms with Gasteiger partial charge in [0.2, 0.25) is 0 Å². The molecule has 0 aliphatic heterocycles. The SMILES string of the molecule is CCCCCCCCCCCCCCCOC(=O)C(CCSC)NC(=O)C(F)(F)C(F)(F)C(F)(F)F. The Balaban J connectivity index is 4.32. The van der Waals surface area contributed by atoms with Gasteiger partial charge in [-0.2, -0.15) is 42.5 Å². The molecule has 0 aliphatic carbocycles. The molecule has 214 valence electrons. The number of hydrogen-bond acceptors (Lipinski definition) is 4. The van der Waals surface area contributed by atoms with Crippen LogP contribution >= 0.6 is 11.8 Å². The van der Waals surface area contributed by atoms with Crippen LogP contribution in [0.15, 0.2) is 0 Å².